The van der Waals surface area contributed by atoms with Crippen LogP contribution < -0.4 is 5.32 Å². The number of urea groups is 1. The van der Waals surface area contributed by atoms with Crippen LogP contribution in [-0.2, 0) is 4.74 Å². The zero-order chi connectivity index (χ0) is 14.8. The van der Waals surface area contributed by atoms with Gasteiger partial charge in [0.05, 0.1) is 6.10 Å². The molecule has 20 heavy (non-hydrogen) atoms. The van der Waals surface area contributed by atoms with E-state index < -0.39 is 0 Å². The van der Waals surface area contributed by atoms with Crippen molar-refractivity contribution < 1.29 is 13.9 Å². The summed E-state index contributed by atoms with van der Waals surface area (Å²) in [7, 11) is 1.70. The molecule has 0 aliphatic carbocycles. The predicted molar refractivity (Wildman–Crippen MR) is 76.2 cm³/mol. The average molecular weight is 280 g/mol. The molecule has 0 bridgehead atoms. The van der Waals surface area contributed by atoms with Crippen LogP contribution in [0.15, 0.2) is 24.3 Å². The molecule has 1 atom stereocenters. The third kappa shape index (κ3) is 3.28. The molecular formula is C15H21FN2O2. The van der Waals surface area contributed by atoms with Crippen LogP contribution in [0, 0.1) is 11.2 Å². The highest BCUT2D eigenvalue weighted by molar-refractivity contribution is 5.89. The summed E-state index contributed by atoms with van der Waals surface area (Å²) >= 11 is 0. The first-order chi connectivity index (χ1) is 9.42. The van der Waals surface area contributed by atoms with Gasteiger partial charge in [0.2, 0.25) is 0 Å². The van der Waals surface area contributed by atoms with Gasteiger partial charge in [0.15, 0.2) is 0 Å². The molecule has 1 saturated heterocycles. The van der Waals surface area contributed by atoms with Crippen molar-refractivity contribution in [2.75, 3.05) is 25.5 Å². The number of carbonyl (C=O) groups excluding carboxylic acids is 1. The number of anilines is 1. The number of methoxy groups -OCH3 is 1. The molecule has 1 heterocycles. The van der Waals surface area contributed by atoms with E-state index in [1.807, 2.05) is 0 Å². The first-order valence-corrected chi connectivity index (χ1v) is 6.76. The van der Waals surface area contributed by atoms with Crippen molar-refractivity contribution in [3.05, 3.63) is 30.1 Å². The first-order valence-electron chi connectivity index (χ1n) is 6.76. The quantitative estimate of drug-likeness (QED) is 0.904. The molecular weight excluding hydrogens is 259 g/mol. The summed E-state index contributed by atoms with van der Waals surface area (Å²) < 4.78 is 18.6. The standard InChI is InChI=1S/C15H21FN2O2/c1-15(2)10-18(8-7-13(15)20-3)14(19)17-12-6-4-5-11(16)9-12/h4-6,9,13H,7-8,10H2,1-3H3,(H,17,19). The number of hydrogen-bond donors (Lipinski definition) is 1. The van der Waals surface area contributed by atoms with Crippen molar-refractivity contribution in [1.29, 1.82) is 0 Å². The molecule has 0 aromatic heterocycles. The molecule has 1 unspecified atom stereocenters. The van der Waals surface area contributed by atoms with E-state index in [9.17, 15) is 9.18 Å². The molecule has 1 aromatic rings. The fourth-order valence-corrected chi connectivity index (χ4v) is 2.72. The topological polar surface area (TPSA) is 41.6 Å². The van der Waals surface area contributed by atoms with Crippen molar-refractivity contribution in [2.45, 2.75) is 26.4 Å². The molecule has 4 nitrogen and oxygen atoms in total. The van der Waals surface area contributed by atoms with Crippen LogP contribution in [0.1, 0.15) is 20.3 Å². The van der Waals surface area contributed by atoms with E-state index in [-0.39, 0.29) is 23.4 Å². The third-order valence-electron chi connectivity index (χ3n) is 3.78. The maximum Gasteiger partial charge on any atom is 0.321 e. The summed E-state index contributed by atoms with van der Waals surface area (Å²) in [5.41, 5.74) is 0.383. The van der Waals surface area contributed by atoms with Gasteiger partial charge in [0.25, 0.3) is 0 Å². The summed E-state index contributed by atoms with van der Waals surface area (Å²) in [4.78, 5) is 14.0. The van der Waals surface area contributed by atoms with E-state index in [0.29, 0.717) is 18.8 Å². The molecule has 2 amide bonds. The Morgan fingerprint density at radius 3 is 2.85 bits per heavy atom. The van der Waals surface area contributed by atoms with E-state index in [4.69, 9.17) is 4.74 Å². The molecule has 1 aliphatic rings. The van der Waals surface area contributed by atoms with Crippen molar-refractivity contribution in [3.63, 3.8) is 0 Å². The van der Waals surface area contributed by atoms with Gasteiger partial charge in [-0.2, -0.15) is 0 Å². The summed E-state index contributed by atoms with van der Waals surface area (Å²) in [6.45, 7) is 5.43. The van der Waals surface area contributed by atoms with E-state index >= 15 is 0 Å². The lowest BCUT2D eigenvalue weighted by molar-refractivity contribution is -0.0394. The Balaban J connectivity index is 2.00. The van der Waals surface area contributed by atoms with E-state index in [1.165, 1.54) is 12.1 Å². The number of hydrogen-bond acceptors (Lipinski definition) is 2. The fourth-order valence-electron chi connectivity index (χ4n) is 2.72. The van der Waals surface area contributed by atoms with Crippen LogP contribution >= 0.6 is 0 Å². The Kier molecular flexibility index (Phi) is 4.28. The van der Waals surface area contributed by atoms with Gasteiger partial charge in [-0.1, -0.05) is 19.9 Å². The molecule has 0 saturated carbocycles. The summed E-state index contributed by atoms with van der Waals surface area (Å²) in [6, 6.07) is 5.71. The van der Waals surface area contributed by atoms with Gasteiger partial charge in [-0.05, 0) is 24.6 Å². The normalized spacial score (nSPS) is 21.6. The highest BCUT2D eigenvalue weighted by Crippen LogP contribution is 2.31. The number of carbonyl (C=O) groups is 1. The summed E-state index contributed by atoms with van der Waals surface area (Å²) in [6.07, 6.45) is 0.959. The highest BCUT2D eigenvalue weighted by atomic mass is 19.1. The molecule has 1 N–H and O–H groups in total. The molecule has 0 spiro atoms. The van der Waals surface area contributed by atoms with Crippen molar-refractivity contribution in [1.82, 2.24) is 4.90 Å². The SMILES string of the molecule is COC1CCN(C(=O)Nc2cccc(F)c2)CC1(C)C. The van der Waals surface area contributed by atoms with Gasteiger partial charge in [-0.25, -0.2) is 9.18 Å². The van der Waals surface area contributed by atoms with Crippen LogP contribution in [0.2, 0.25) is 0 Å². The minimum absolute atomic E-state index is 0.0910. The molecule has 110 valence electrons. The average Bonchev–Trinajstić information content (AvgIpc) is 2.37. The Hall–Kier alpha value is -1.62. The molecule has 0 radical (unpaired) electrons. The smallest absolute Gasteiger partial charge is 0.321 e. The van der Waals surface area contributed by atoms with Gasteiger partial charge < -0.3 is 15.0 Å². The zero-order valence-electron chi connectivity index (χ0n) is 12.1. The summed E-state index contributed by atoms with van der Waals surface area (Å²) in [5, 5.41) is 2.73. The third-order valence-corrected chi connectivity index (χ3v) is 3.78. The zero-order valence-corrected chi connectivity index (χ0v) is 12.1. The largest absolute Gasteiger partial charge is 0.381 e. The maximum absolute atomic E-state index is 13.1. The van der Waals surface area contributed by atoms with Crippen LogP contribution in [0.5, 0.6) is 0 Å². The van der Waals surface area contributed by atoms with Crippen LogP contribution in [0.3, 0.4) is 0 Å². The van der Waals surface area contributed by atoms with Crippen LogP contribution in [0.4, 0.5) is 14.9 Å². The maximum atomic E-state index is 13.1. The minimum atomic E-state index is -0.360. The van der Waals surface area contributed by atoms with E-state index in [1.54, 1.807) is 24.1 Å². The molecule has 5 heteroatoms. The predicted octanol–water partition coefficient (Wildman–Crippen LogP) is 3.10. The lowest BCUT2D eigenvalue weighted by Gasteiger charge is -2.43. The highest BCUT2D eigenvalue weighted by Gasteiger charge is 2.37. The number of nitrogens with zero attached hydrogens (tertiary/aromatic N) is 1. The number of amides is 2. The van der Waals surface area contributed by atoms with Gasteiger partial charge in [0.1, 0.15) is 5.82 Å². The Bertz CT molecular complexity index is 491. The minimum Gasteiger partial charge on any atom is -0.381 e. The number of halogens is 1. The second kappa shape index (κ2) is 5.79. The summed E-state index contributed by atoms with van der Waals surface area (Å²) in [5.74, 6) is -0.360. The fraction of sp³-hybridized carbons (Fsp3) is 0.533. The Labute approximate surface area is 118 Å². The Morgan fingerprint density at radius 2 is 2.25 bits per heavy atom. The first kappa shape index (κ1) is 14.8. The number of likely N-dealkylation sites (tertiary alicyclic amines) is 1. The van der Waals surface area contributed by atoms with Crippen LogP contribution in [0.25, 0.3) is 0 Å². The number of nitrogens with one attached hydrogen (secondary N) is 1. The molecule has 1 aromatic carbocycles. The lowest BCUT2D eigenvalue weighted by Crippen LogP contribution is -2.52. The monoisotopic (exact) mass is 280 g/mol. The van der Waals surface area contributed by atoms with Gasteiger partial charge in [-0.3, -0.25) is 0 Å². The number of ether oxygens (including phenoxy) is 1. The van der Waals surface area contributed by atoms with Gasteiger partial charge in [-0.15, -0.1) is 0 Å². The molecule has 1 aliphatic heterocycles. The number of benzene rings is 1. The van der Waals surface area contributed by atoms with Crippen molar-refractivity contribution >= 4 is 11.7 Å². The molecule has 1 fully saturated rings. The number of piperidine rings is 1. The van der Waals surface area contributed by atoms with E-state index in [2.05, 4.69) is 19.2 Å². The molecule has 2 rings (SSSR count). The van der Waals surface area contributed by atoms with Crippen LogP contribution in [-0.4, -0.2) is 37.2 Å². The lowest BCUT2D eigenvalue weighted by atomic mass is 9.81. The van der Waals surface area contributed by atoms with E-state index in [0.717, 1.165) is 6.42 Å². The van der Waals surface area contributed by atoms with Crippen molar-refractivity contribution in [2.24, 2.45) is 5.41 Å². The Morgan fingerprint density at radius 1 is 1.50 bits per heavy atom. The second-order valence-corrected chi connectivity index (χ2v) is 5.86. The van der Waals surface area contributed by atoms with Crippen molar-refractivity contribution in [3.8, 4) is 0 Å². The second-order valence-electron chi connectivity index (χ2n) is 5.86. The number of rotatable bonds is 2. The van der Waals surface area contributed by atoms with Gasteiger partial charge >= 0.3 is 6.03 Å². The van der Waals surface area contributed by atoms with Gasteiger partial charge in [0, 0.05) is 31.3 Å².